The number of sulfonamides is 1. The molecule has 1 saturated carbocycles. The quantitative estimate of drug-likeness (QED) is 0.626. The van der Waals surface area contributed by atoms with Crippen molar-refractivity contribution in [3.05, 3.63) is 34.6 Å². The molecule has 1 aliphatic carbocycles. The second-order valence-corrected chi connectivity index (χ2v) is 10.8. The molecule has 0 amide bonds. The second kappa shape index (κ2) is 9.43. The van der Waals surface area contributed by atoms with Crippen LogP contribution < -0.4 is 10.0 Å². The first kappa shape index (κ1) is 22.7. The van der Waals surface area contributed by atoms with E-state index in [1.807, 2.05) is 14.1 Å². The predicted molar refractivity (Wildman–Crippen MR) is 118 cm³/mol. The zero-order chi connectivity index (χ0) is 21.2. The minimum absolute atomic E-state index is 0.125. The first-order valence-electron chi connectivity index (χ1n) is 9.67. The highest BCUT2D eigenvalue weighted by atomic mass is 35.5. The highest BCUT2D eigenvalue weighted by Gasteiger charge is 2.29. The van der Waals surface area contributed by atoms with Gasteiger partial charge in [-0.3, -0.25) is 0 Å². The topological polar surface area (TPSA) is 64.7 Å². The summed E-state index contributed by atoms with van der Waals surface area (Å²) in [6.45, 7) is 0. The smallest absolute Gasteiger partial charge is 0.245 e. The molecule has 0 aromatic heterocycles. The first-order chi connectivity index (χ1) is 13.7. The monoisotopic (exact) mass is 462 g/mol. The summed E-state index contributed by atoms with van der Waals surface area (Å²) < 4.78 is 42.7. The molecule has 3 rings (SSSR count). The maximum Gasteiger partial charge on any atom is 0.245 e. The van der Waals surface area contributed by atoms with Crippen molar-refractivity contribution in [1.29, 1.82) is 0 Å². The van der Waals surface area contributed by atoms with Gasteiger partial charge < -0.3 is 15.1 Å². The Labute approximate surface area is 181 Å². The van der Waals surface area contributed by atoms with Gasteiger partial charge in [0.15, 0.2) is 0 Å². The normalized spacial score (nSPS) is 25.4. The number of hydrogen-bond donors (Lipinski definition) is 2. The van der Waals surface area contributed by atoms with E-state index in [-0.39, 0.29) is 11.1 Å². The average molecular weight is 463 g/mol. The minimum atomic E-state index is -4.06. The Morgan fingerprint density at radius 2 is 1.97 bits per heavy atom. The number of benzene rings is 1. The van der Waals surface area contributed by atoms with Crippen molar-refractivity contribution in [2.75, 3.05) is 26.5 Å². The van der Waals surface area contributed by atoms with Gasteiger partial charge in [-0.25, -0.2) is 12.8 Å². The van der Waals surface area contributed by atoms with E-state index in [0.29, 0.717) is 11.7 Å². The van der Waals surface area contributed by atoms with Gasteiger partial charge in [0.05, 0.1) is 10.7 Å². The zero-order valence-corrected chi connectivity index (χ0v) is 19.2. The van der Waals surface area contributed by atoms with Crippen molar-refractivity contribution in [2.24, 2.45) is 0 Å². The molecule has 0 saturated heterocycles. The lowest BCUT2D eigenvalue weighted by molar-refractivity contribution is 0.251. The van der Waals surface area contributed by atoms with E-state index >= 15 is 0 Å². The van der Waals surface area contributed by atoms with Crippen LogP contribution in [0.4, 0.5) is 10.1 Å². The summed E-state index contributed by atoms with van der Waals surface area (Å²) in [7, 11) is 1.77. The molecule has 0 radical (unpaired) electrons. The van der Waals surface area contributed by atoms with Crippen molar-refractivity contribution < 1.29 is 12.8 Å². The van der Waals surface area contributed by atoms with Crippen LogP contribution >= 0.6 is 23.4 Å². The maximum atomic E-state index is 14.8. The van der Waals surface area contributed by atoms with Gasteiger partial charge in [0.2, 0.25) is 10.0 Å². The Hall–Kier alpha value is -1.00. The van der Waals surface area contributed by atoms with Crippen molar-refractivity contribution >= 4 is 39.1 Å². The predicted octanol–water partition coefficient (Wildman–Crippen LogP) is 3.87. The van der Waals surface area contributed by atoms with E-state index in [9.17, 15) is 12.8 Å². The van der Waals surface area contributed by atoms with Gasteiger partial charge in [-0.05, 0) is 44.5 Å². The van der Waals surface area contributed by atoms with Gasteiger partial charge in [-0.1, -0.05) is 42.6 Å². The lowest BCUT2D eigenvalue weighted by atomic mass is 10.0. The Balaban J connectivity index is 1.81. The van der Waals surface area contributed by atoms with Crippen LogP contribution in [0.3, 0.4) is 0 Å². The molecule has 2 N–H and O–H groups in total. The van der Waals surface area contributed by atoms with E-state index in [2.05, 4.69) is 14.9 Å². The van der Waals surface area contributed by atoms with E-state index in [1.54, 1.807) is 23.6 Å². The molecule has 1 heterocycles. The maximum absolute atomic E-state index is 14.8. The number of hydrogen-bond acceptors (Lipinski definition) is 6. The average Bonchev–Trinajstić information content (AvgIpc) is 2.90. The molecular weight excluding hydrogens is 435 g/mol. The second-order valence-electron chi connectivity index (χ2n) is 7.74. The molecule has 0 bridgehead atoms. The summed E-state index contributed by atoms with van der Waals surface area (Å²) in [5.74, 6) is -0.821. The fourth-order valence-electron chi connectivity index (χ4n) is 3.81. The summed E-state index contributed by atoms with van der Waals surface area (Å²) in [6.07, 6.45) is 7.20. The molecule has 0 spiro atoms. The van der Waals surface area contributed by atoms with Crippen LogP contribution in [0.15, 0.2) is 28.6 Å². The molecule has 1 aromatic carbocycles. The molecule has 1 fully saturated rings. The van der Waals surface area contributed by atoms with Gasteiger partial charge in [-0.2, -0.15) is 4.72 Å². The van der Waals surface area contributed by atoms with E-state index in [4.69, 9.17) is 11.6 Å². The summed E-state index contributed by atoms with van der Waals surface area (Å²) in [4.78, 5) is 3.43. The van der Waals surface area contributed by atoms with Crippen LogP contribution in [0.25, 0.3) is 0 Å². The van der Waals surface area contributed by atoms with E-state index < -0.39 is 26.2 Å². The third-order valence-electron chi connectivity index (χ3n) is 5.42. The van der Waals surface area contributed by atoms with Gasteiger partial charge >= 0.3 is 0 Å². The van der Waals surface area contributed by atoms with Crippen LogP contribution in [-0.4, -0.2) is 56.9 Å². The van der Waals surface area contributed by atoms with E-state index in [0.717, 1.165) is 25.7 Å². The summed E-state index contributed by atoms with van der Waals surface area (Å²) in [5, 5.41) is 5.34. The van der Waals surface area contributed by atoms with Crippen molar-refractivity contribution in [2.45, 2.75) is 54.6 Å². The highest BCUT2D eigenvalue weighted by molar-refractivity contribution is 8.03. The Morgan fingerprint density at radius 1 is 1.24 bits per heavy atom. The van der Waals surface area contributed by atoms with Crippen LogP contribution in [0.2, 0.25) is 5.02 Å². The lowest BCUT2D eigenvalue weighted by Gasteiger charge is -2.32. The van der Waals surface area contributed by atoms with E-state index in [1.165, 1.54) is 30.3 Å². The number of likely N-dealkylation sites (N-methyl/N-ethyl adjacent to an activating group) is 1. The van der Waals surface area contributed by atoms with Crippen molar-refractivity contribution in [1.82, 2.24) is 14.5 Å². The SMILES string of the molecule is CN1C=CSC1NS(=O)(=O)c1cc(Cl)c(N[C@H]2CCCCC[C@@H]2N(C)C)cc1F. The summed E-state index contributed by atoms with van der Waals surface area (Å²) >= 11 is 7.67. The lowest BCUT2D eigenvalue weighted by Crippen LogP contribution is -2.42. The Bertz CT molecular complexity index is 866. The number of rotatable bonds is 6. The Morgan fingerprint density at radius 3 is 2.62 bits per heavy atom. The van der Waals surface area contributed by atoms with Crippen LogP contribution in [-0.2, 0) is 10.0 Å². The molecule has 29 heavy (non-hydrogen) atoms. The van der Waals surface area contributed by atoms with Gasteiger partial charge in [0, 0.05) is 25.3 Å². The van der Waals surface area contributed by atoms with Gasteiger partial charge in [0.25, 0.3) is 0 Å². The van der Waals surface area contributed by atoms with Gasteiger partial charge in [-0.15, -0.1) is 0 Å². The molecular formula is C19H28ClFN4O2S2. The van der Waals surface area contributed by atoms with Crippen molar-refractivity contribution in [3.63, 3.8) is 0 Å². The molecule has 162 valence electrons. The minimum Gasteiger partial charge on any atom is -0.379 e. The number of anilines is 1. The first-order valence-corrected chi connectivity index (χ1v) is 12.5. The molecule has 10 heteroatoms. The summed E-state index contributed by atoms with van der Waals surface area (Å²) in [6, 6.07) is 2.82. The van der Waals surface area contributed by atoms with Crippen LogP contribution in [0.1, 0.15) is 32.1 Å². The number of nitrogens with one attached hydrogen (secondary N) is 2. The zero-order valence-electron chi connectivity index (χ0n) is 16.9. The largest absolute Gasteiger partial charge is 0.379 e. The number of halogens is 2. The standard InChI is InChI=1S/C19H28ClFN4O2S2/c1-24(2)17-8-6-4-5-7-15(17)22-16-12-14(21)18(11-13(16)20)29(26,27)23-19-25(3)9-10-28-19/h9-12,15,17,19,22-23H,4-8H2,1-3H3/t15-,17-,19?/m0/s1. The molecule has 3 atom stereocenters. The fourth-order valence-corrected chi connectivity index (χ4v) is 6.51. The third kappa shape index (κ3) is 5.38. The molecule has 1 aromatic rings. The highest BCUT2D eigenvalue weighted by Crippen LogP contribution is 2.32. The third-order valence-corrected chi connectivity index (χ3v) is 8.30. The fraction of sp³-hybridized carbons (Fsp3) is 0.579. The van der Waals surface area contributed by atoms with Crippen LogP contribution in [0.5, 0.6) is 0 Å². The molecule has 2 aliphatic rings. The van der Waals surface area contributed by atoms with Gasteiger partial charge in [0.1, 0.15) is 16.2 Å². The molecule has 6 nitrogen and oxygen atoms in total. The van der Waals surface area contributed by atoms with Crippen LogP contribution in [0, 0.1) is 5.82 Å². The van der Waals surface area contributed by atoms with Crippen molar-refractivity contribution in [3.8, 4) is 0 Å². The number of nitrogens with zero attached hydrogens (tertiary/aromatic N) is 2. The Kier molecular flexibility index (Phi) is 7.37. The number of thioether (sulfide) groups is 1. The molecule has 1 unspecified atom stereocenters. The summed E-state index contributed by atoms with van der Waals surface area (Å²) in [5.41, 5.74) is -0.0845. The molecule has 1 aliphatic heterocycles.